The molecule has 0 radical (unpaired) electrons. The lowest BCUT2D eigenvalue weighted by Crippen LogP contribution is -2.39. The van der Waals surface area contributed by atoms with E-state index in [1.54, 1.807) is 0 Å². The number of benzene rings is 1. The van der Waals surface area contributed by atoms with Gasteiger partial charge in [0.15, 0.2) is 17.5 Å². The summed E-state index contributed by atoms with van der Waals surface area (Å²) in [4.78, 5) is 18.7. The van der Waals surface area contributed by atoms with Crippen LogP contribution >= 0.6 is 0 Å². The Morgan fingerprint density at radius 2 is 2.07 bits per heavy atom. The van der Waals surface area contributed by atoms with Crippen LogP contribution < -0.4 is 20.1 Å². The molecular weight excluding hydrogens is 344 g/mol. The van der Waals surface area contributed by atoms with Crippen molar-refractivity contribution >= 4 is 11.9 Å². The van der Waals surface area contributed by atoms with Crippen molar-refractivity contribution in [3.8, 4) is 11.5 Å². The first kappa shape index (κ1) is 19.3. The van der Waals surface area contributed by atoms with Crippen molar-refractivity contribution in [3.05, 3.63) is 23.8 Å². The zero-order valence-corrected chi connectivity index (χ0v) is 16.1. The van der Waals surface area contributed by atoms with Gasteiger partial charge in [-0.15, -0.1) is 0 Å². The van der Waals surface area contributed by atoms with Crippen LogP contribution in [0.4, 0.5) is 0 Å². The number of rotatable bonds is 7. The largest absolute Gasteiger partial charge is 0.454 e. The Balaban J connectivity index is 1.45. The van der Waals surface area contributed by atoms with Crippen molar-refractivity contribution in [2.24, 2.45) is 4.99 Å². The molecule has 0 saturated carbocycles. The fraction of sp³-hybridized carbons (Fsp3) is 0.600. The third-order valence-electron chi connectivity index (χ3n) is 4.77. The Morgan fingerprint density at radius 1 is 1.19 bits per heavy atom. The molecule has 7 nitrogen and oxygen atoms in total. The molecule has 7 heteroatoms. The molecule has 0 bridgehead atoms. The fourth-order valence-corrected chi connectivity index (χ4v) is 3.30. The van der Waals surface area contributed by atoms with Gasteiger partial charge in [-0.3, -0.25) is 4.79 Å². The summed E-state index contributed by atoms with van der Waals surface area (Å²) in [5, 5.41) is 6.62. The van der Waals surface area contributed by atoms with Crippen LogP contribution in [0.5, 0.6) is 11.5 Å². The van der Waals surface area contributed by atoms with E-state index in [9.17, 15) is 4.79 Å². The summed E-state index contributed by atoms with van der Waals surface area (Å²) in [7, 11) is 0. The van der Waals surface area contributed by atoms with Crippen molar-refractivity contribution in [3.63, 3.8) is 0 Å². The fourth-order valence-electron chi connectivity index (χ4n) is 3.30. The molecule has 2 aliphatic rings. The van der Waals surface area contributed by atoms with Crippen LogP contribution in [0.25, 0.3) is 0 Å². The van der Waals surface area contributed by atoms with Gasteiger partial charge >= 0.3 is 0 Å². The zero-order chi connectivity index (χ0) is 18.9. The number of hydrogen-bond donors (Lipinski definition) is 2. The van der Waals surface area contributed by atoms with Crippen LogP contribution in [0.15, 0.2) is 23.2 Å². The highest BCUT2D eigenvalue weighted by Gasteiger charge is 2.16. The highest BCUT2D eigenvalue weighted by Crippen LogP contribution is 2.32. The number of hydrogen-bond acceptors (Lipinski definition) is 4. The quantitative estimate of drug-likeness (QED) is 0.435. The van der Waals surface area contributed by atoms with Gasteiger partial charge in [0.25, 0.3) is 0 Å². The minimum absolute atomic E-state index is 0.284. The molecule has 27 heavy (non-hydrogen) atoms. The van der Waals surface area contributed by atoms with Crippen LogP contribution in [0, 0.1) is 0 Å². The highest BCUT2D eigenvalue weighted by atomic mass is 16.7. The van der Waals surface area contributed by atoms with Crippen LogP contribution in [-0.4, -0.2) is 49.7 Å². The summed E-state index contributed by atoms with van der Waals surface area (Å²) in [6.07, 6.45) is 4.94. The molecule has 148 valence electrons. The Labute approximate surface area is 161 Å². The maximum Gasteiger partial charge on any atom is 0.231 e. The topological polar surface area (TPSA) is 75.2 Å². The number of carbonyl (C=O) groups is 1. The van der Waals surface area contributed by atoms with Crippen molar-refractivity contribution in [1.29, 1.82) is 0 Å². The van der Waals surface area contributed by atoms with Crippen LogP contribution in [-0.2, 0) is 11.3 Å². The molecule has 3 rings (SSSR count). The molecule has 2 aliphatic heterocycles. The molecule has 0 aromatic heterocycles. The number of carbonyl (C=O) groups excluding carboxylic acids is 1. The van der Waals surface area contributed by atoms with Crippen LogP contribution in [0.1, 0.15) is 44.6 Å². The second-order valence-corrected chi connectivity index (χ2v) is 6.85. The molecule has 1 aromatic rings. The van der Waals surface area contributed by atoms with Gasteiger partial charge in [0, 0.05) is 32.6 Å². The normalized spacial score (nSPS) is 17.0. The molecule has 1 saturated heterocycles. The van der Waals surface area contributed by atoms with Gasteiger partial charge in [0.1, 0.15) is 0 Å². The molecular formula is C20H30N4O3. The van der Waals surface area contributed by atoms with Gasteiger partial charge in [-0.2, -0.15) is 0 Å². The number of likely N-dealkylation sites (tertiary alicyclic amines) is 1. The third-order valence-corrected chi connectivity index (χ3v) is 4.77. The van der Waals surface area contributed by atoms with Gasteiger partial charge < -0.3 is 25.0 Å². The summed E-state index contributed by atoms with van der Waals surface area (Å²) in [5.41, 5.74) is 1.08. The SMILES string of the molecule is CCNC(=NCc1ccc2c(c1)OCO2)NCCCN1CCCCCC1=O. The van der Waals surface area contributed by atoms with Crippen LogP contribution in [0.2, 0.25) is 0 Å². The third kappa shape index (κ3) is 5.77. The number of guanidine groups is 1. The Bertz CT molecular complexity index is 663. The predicted molar refractivity (Wildman–Crippen MR) is 105 cm³/mol. The second kappa shape index (κ2) is 10.0. The van der Waals surface area contributed by atoms with Gasteiger partial charge in [0.2, 0.25) is 12.7 Å². The number of aliphatic imine (C=N–C) groups is 1. The van der Waals surface area contributed by atoms with E-state index in [1.165, 1.54) is 0 Å². The number of nitrogens with zero attached hydrogens (tertiary/aromatic N) is 2. The maximum absolute atomic E-state index is 12.0. The molecule has 1 fully saturated rings. The van der Waals surface area contributed by atoms with Gasteiger partial charge in [-0.1, -0.05) is 12.5 Å². The van der Waals surface area contributed by atoms with Gasteiger partial charge in [0.05, 0.1) is 6.54 Å². The van der Waals surface area contributed by atoms with E-state index >= 15 is 0 Å². The van der Waals surface area contributed by atoms with Crippen molar-refractivity contribution < 1.29 is 14.3 Å². The van der Waals surface area contributed by atoms with Crippen molar-refractivity contribution in [1.82, 2.24) is 15.5 Å². The number of amides is 1. The molecule has 2 heterocycles. The lowest BCUT2D eigenvalue weighted by molar-refractivity contribution is -0.130. The molecule has 2 N–H and O–H groups in total. The summed E-state index contributed by atoms with van der Waals surface area (Å²) >= 11 is 0. The lowest BCUT2D eigenvalue weighted by Gasteiger charge is -2.20. The second-order valence-electron chi connectivity index (χ2n) is 6.85. The van der Waals surface area contributed by atoms with E-state index in [4.69, 9.17) is 9.47 Å². The van der Waals surface area contributed by atoms with Crippen molar-refractivity contribution in [2.75, 3.05) is 33.0 Å². The Kier molecular flexibility index (Phi) is 7.19. The molecule has 1 aromatic carbocycles. The monoisotopic (exact) mass is 374 g/mol. The number of ether oxygens (including phenoxy) is 2. The molecule has 0 unspecified atom stereocenters. The first-order valence-electron chi connectivity index (χ1n) is 9.94. The molecule has 1 amide bonds. The maximum atomic E-state index is 12.0. The van der Waals surface area contributed by atoms with Gasteiger partial charge in [-0.25, -0.2) is 4.99 Å². The lowest BCUT2D eigenvalue weighted by atomic mass is 10.2. The standard InChI is InChI=1S/C20H30N4O3/c1-2-21-20(22-10-6-12-24-11-5-3-4-7-19(24)25)23-14-16-8-9-17-18(13-16)27-15-26-17/h8-9,13H,2-7,10-12,14-15H2,1H3,(H2,21,22,23). The first-order chi connectivity index (χ1) is 13.3. The van der Waals surface area contributed by atoms with Crippen molar-refractivity contribution in [2.45, 2.75) is 45.6 Å². The summed E-state index contributed by atoms with van der Waals surface area (Å²) < 4.78 is 10.8. The molecule has 0 aliphatic carbocycles. The van der Waals surface area contributed by atoms with E-state index in [-0.39, 0.29) is 6.79 Å². The minimum Gasteiger partial charge on any atom is -0.454 e. The number of fused-ring (bicyclic) bond motifs is 1. The molecule has 0 spiro atoms. The van der Waals surface area contributed by atoms with E-state index in [0.29, 0.717) is 18.9 Å². The van der Waals surface area contributed by atoms with E-state index in [2.05, 4.69) is 15.6 Å². The smallest absolute Gasteiger partial charge is 0.231 e. The summed E-state index contributed by atoms with van der Waals surface area (Å²) in [6, 6.07) is 5.90. The Morgan fingerprint density at radius 3 is 2.96 bits per heavy atom. The summed E-state index contributed by atoms with van der Waals surface area (Å²) in [5.74, 6) is 2.66. The minimum atomic E-state index is 0.284. The highest BCUT2D eigenvalue weighted by molar-refractivity contribution is 5.79. The number of nitrogens with one attached hydrogen (secondary N) is 2. The van der Waals surface area contributed by atoms with E-state index in [1.807, 2.05) is 30.0 Å². The van der Waals surface area contributed by atoms with E-state index in [0.717, 1.165) is 74.9 Å². The predicted octanol–water partition coefficient (Wildman–Crippen LogP) is 2.26. The average Bonchev–Trinajstić information content (AvgIpc) is 3.05. The van der Waals surface area contributed by atoms with E-state index < -0.39 is 0 Å². The zero-order valence-electron chi connectivity index (χ0n) is 16.1. The summed E-state index contributed by atoms with van der Waals surface area (Å²) in [6.45, 7) is 6.20. The van der Waals surface area contributed by atoms with Crippen LogP contribution in [0.3, 0.4) is 0 Å². The average molecular weight is 374 g/mol. The molecule has 0 atom stereocenters. The first-order valence-corrected chi connectivity index (χ1v) is 9.94. The van der Waals surface area contributed by atoms with Gasteiger partial charge in [-0.05, 0) is 43.9 Å². The Hall–Kier alpha value is -2.44.